The minimum atomic E-state index is -3.66. The fourth-order valence-electron chi connectivity index (χ4n) is 3.08. The van der Waals surface area contributed by atoms with Crippen LogP contribution in [-0.2, 0) is 19.0 Å². The van der Waals surface area contributed by atoms with E-state index in [-0.39, 0.29) is 31.9 Å². The van der Waals surface area contributed by atoms with Gasteiger partial charge in [0, 0.05) is 26.2 Å². The first-order valence-corrected chi connectivity index (χ1v) is 10.3. The number of carbonyl (C=O) groups excluding carboxylic acids is 1. The van der Waals surface area contributed by atoms with Crippen molar-refractivity contribution < 1.29 is 36.4 Å². The second kappa shape index (κ2) is 7.80. The zero-order valence-corrected chi connectivity index (χ0v) is 15.9. The lowest BCUT2D eigenvalue weighted by molar-refractivity contribution is 0.107. The third-order valence-corrected chi connectivity index (χ3v) is 5.04. The highest BCUT2D eigenvalue weighted by Gasteiger charge is 2.34. The van der Waals surface area contributed by atoms with E-state index in [9.17, 15) is 22.4 Å². The lowest BCUT2D eigenvalue weighted by Gasteiger charge is -2.34. The summed E-state index contributed by atoms with van der Waals surface area (Å²) in [6, 6.07) is 4.28. The molecule has 3 rings (SSSR count). The van der Waals surface area contributed by atoms with Gasteiger partial charge < -0.3 is 19.6 Å². The Balaban J connectivity index is 1.66. The Kier molecular flexibility index (Phi) is 5.61. The number of hydrogen-bond acceptors (Lipinski definition) is 7. The number of halogens is 1. The molecule has 28 heavy (non-hydrogen) atoms. The Morgan fingerprint density at radius 1 is 1.32 bits per heavy atom. The molecule has 1 aromatic carbocycles. The Hall–Kier alpha value is -2.60. The highest BCUT2D eigenvalue weighted by molar-refractivity contribution is 7.85. The molecule has 10 nitrogen and oxygen atoms in total. The lowest BCUT2D eigenvalue weighted by atomic mass is 10.2. The summed E-state index contributed by atoms with van der Waals surface area (Å²) in [4.78, 5) is 27.2. The van der Waals surface area contributed by atoms with Gasteiger partial charge in [-0.15, -0.1) is 0 Å². The molecule has 2 aliphatic rings. The monoisotopic (exact) mass is 417 g/mol. The maximum absolute atomic E-state index is 14.6. The number of carbonyl (C=O) groups is 2. The number of nitrogens with zero attached hydrogens (tertiary/aromatic N) is 3. The molecule has 0 aromatic heterocycles. The van der Waals surface area contributed by atoms with E-state index in [1.807, 2.05) is 0 Å². The van der Waals surface area contributed by atoms with Crippen LogP contribution in [-0.4, -0.2) is 82.3 Å². The smallest absolute Gasteiger partial charge is 0.414 e. The van der Waals surface area contributed by atoms with Crippen molar-refractivity contribution in [2.24, 2.45) is 0 Å². The summed E-state index contributed by atoms with van der Waals surface area (Å²) >= 11 is 0. The topological polar surface area (TPSA) is 117 Å². The zero-order valence-electron chi connectivity index (χ0n) is 15.1. The van der Waals surface area contributed by atoms with Crippen LogP contribution in [0.4, 0.5) is 25.4 Å². The molecule has 0 bridgehead atoms. The quantitative estimate of drug-likeness (QED) is 0.703. The summed E-state index contributed by atoms with van der Waals surface area (Å²) < 4.78 is 46.4. The molecule has 12 heteroatoms. The molecule has 1 atom stereocenters. The number of cyclic esters (lactones) is 1. The first-order chi connectivity index (χ1) is 13.1. The summed E-state index contributed by atoms with van der Waals surface area (Å²) in [5.41, 5.74) is 0.593. The zero-order chi connectivity index (χ0) is 20.5. The third-order valence-electron chi connectivity index (χ3n) is 4.48. The molecule has 0 radical (unpaired) electrons. The molecule has 1 aromatic rings. The highest BCUT2D eigenvalue weighted by atomic mass is 32.2. The van der Waals surface area contributed by atoms with E-state index in [1.165, 1.54) is 21.9 Å². The predicted octanol–water partition coefficient (Wildman–Crippen LogP) is 0.927. The van der Waals surface area contributed by atoms with Crippen molar-refractivity contribution >= 4 is 33.7 Å². The minimum Gasteiger partial charge on any atom is -0.465 e. The van der Waals surface area contributed by atoms with Gasteiger partial charge in [-0.05, 0) is 18.2 Å². The van der Waals surface area contributed by atoms with Gasteiger partial charge >= 0.3 is 12.2 Å². The van der Waals surface area contributed by atoms with Crippen LogP contribution in [0.25, 0.3) is 0 Å². The van der Waals surface area contributed by atoms with Crippen LogP contribution in [0.3, 0.4) is 0 Å². The summed E-state index contributed by atoms with van der Waals surface area (Å²) in [5, 5.41) is 8.98. The number of piperazine rings is 1. The van der Waals surface area contributed by atoms with E-state index in [0.29, 0.717) is 18.8 Å². The first kappa shape index (κ1) is 20.1. The standard InChI is InChI=1S/C16H20FN3O7S/c1-28(24,25)26-10-12-9-20(16(23)27-12)11-2-3-14(13(17)8-11)18-4-6-19(7-5-18)15(21)22/h2-3,8,12H,4-7,9-10H2,1H3,(H,21,22). The SMILES string of the molecule is CS(=O)(=O)OCC1CN(c2ccc(N3CCN(C(=O)O)CC3)c(F)c2)C(=O)O1. The molecule has 0 spiro atoms. The van der Waals surface area contributed by atoms with E-state index in [0.717, 1.165) is 6.26 Å². The van der Waals surface area contributed by atoms with Gasteiger partial charge in [-0.25, -0.2) is 14.0 Å². The molecular weight excluding hydrogens is 397 g/mol. The first-order valence-electron chi connectivity index (χ1n) is 8.49. The van der Waals surface area contributed by atoms with Crippen LogP contribution in [0.2, 0.25) is 0 Å². The van der Waals surface area contributed by atoms with Gasteiger partial charge in [-0.2, -0.15) is 8.42 Å². The number of rotatable bonds is 5. The fraction of sp³-hybridized carbons (Fsp3) is 0.500. The number of ether oxygens (including phenoxy) is 1. The molecule has 154 valence electrons. The Bertz CT molecular complexity index is 871. The molecule has 2 saturated heterocycles. The van der Waals surface area contributed by atoms with Crippen molar-refractivity contribution in [1.29, 1.82) is 0 Å². The van der Waals surface area contributed by atoms with Crippen molar-refractivity contribution in [3.8, 4) is 0 Å². The van der Waals surface area contributed by atoms with E-state index in [2.05, 4.69) is 4.18 Å². The van der Waals surface area contributed by atoms with E-state index < -0.39 is 34.2 Å². The number of hydrogen-bond donors (Lipinski definition) is 1. The Labute approximate surface area is 161 Å². The van der Waals surface area contributed by atoms with Crippen molar-refractivity contribution in [3.63, 3.8) is 0 Å². The average Bonchev–Trinajstić information content (AvgIpc) is 3.00. The Morgan fingerprint density at radius 2 is 2.00 bits per heavy atom. The van der Waals surface area contributed by atoms with E-state index >= 15 is 0 Å². The van der Waals surface area contributed by atoms with Crippen LogP contribution < -0.4 is 9.80 Å². The molecule has 1 unspecified atom stereocenters. The van der Waals surface area contributed by atoms with Crippen LogP contribution in [0, 0.1) is 5.82 Å². The summed E-state index contributed by atoms with van der Waals surface area (Å²) in [7, 11) is -3.66. The fourth-order valence-corrected chi connectivity index (χ4v) is 3.48. The van der Waals surface area contributed by atoms with Crippen LogP contribution in [0.5, 0.6) is 0 Å². The molecule has 2 heterocycles. The van der Waals surface area contributed by atoms with Gasteiger partial charge in [0.15, 0.2) is 0 Å². The van der Waals surface area contributed by atoms with Crippen LogP contribution >= 0.6 is 0 Å². The van der Waals surface area contributed by atoms with E-state index in [1.54, 1.807) is 11.0 Å². The van der Waals surface area contributed by atoms with Crippen LogP contribution in [0.1, 0.15) is 0 Å². The van der Waals surface area contributed by atoms with Gasteiger partial charge in [-0.3, -0.25) is 9.08 Å². The molecule has 2 amide bonds. The van der Waals surface area contributed by atoms with Crippen molar-refractivity contribution in [2.45, 2.75) is 6.10 Å². The maximum Gasteiger partial charge on any atom is 0.414 e. The second-order valence-electron chi connectivity index (χ2n) is 6.50. The molecule has 0 aliphatic carbocycles. The molecule has 0 saturated carbocycles. The molecule has 2 aliphatic heterocycles. The maximum atomic E-state index is 14.6. The third kappa shape index (κ3) is 4.62. The molecular formula is C16H20FN3O7S. The molecule has 2 fully saturated rings. The number of carboxylic acid groups (broad SMARTS) is 1. The Morgan fingerprint density at radius 3 is 2.57 bits per heavy atom. The second-order valence-corrected chi connectivity index (χ2v) is 8.14. The summed E-state index contributed by atoms with van der Waals surface area (Å²) in [6.07, 6.45) is -1.61. The van der Waals surface area contributed by atoms with Gasteiger partial charge in [0.2, 0.25) is 0 Å². The van der Waals surface area contributed by atoms with Gasteiger partial charge in [0.25, 0.3) is 10.1 Å². The van der Waals surface area contributed by atoms with Crippen molar-refractivity contribution in [3.05, 3.63) is 24.0 Å². The number of anilines is 2. The average molecular weight is 417 g/mol. The minimum absolute atomic E-state index is 0.0322. The van der Waals surface area contributed by atoms with Gasteiger partial charge in [-0.1, -0.05) is 0 Å². The van der Waals surface area contributed by atoms with Crippen molar-refractivity contribution in [2.75, 3.05) is 55.4 Å². The summed E-state index contributed by atoms with van der Waals surface area (Å²) in [5.74, 6) is -0.551. The van der Waals surface area contributed by atoms with E-state index in [4.69, 9.17) is 9.84 Å². The van der Waals surface area contributed by atoms with Crippen molar-refractivity contribution in [1.82, 2.24) is 4.90 Å². The normalized spacial score (nSPS) is 20.4. The van der Waals surface area contributed by atoms with Gasteiger partial charge in [0.1, 0.15) is 18.5 Å². The number of benzene rings is 1. The molecule has 1 N–H and O–H groups in total. The highest BCUT2D eigenvalue weighted by Crippen LogP contribution is 2.28. The number of amides is 2. The van der Waals surface area contributed by atoms with Gasteiger partial charge in [0.05, 0.1) is 24.2 Å². The largest absolute Gasteiger partial charge is 0.465 e. The predicted molar refractivity (Wildman–Crippen MR) is 96.6 cm³/mol. The van der Waals surface area contributed by atoms with Crippen LogP contribution in [0.15, 0.2) is 18.2 Å². The summed E-state index contributed by atoms with van der Waals surface area (Å²) in [6.45, 7) is 0.992. The lowest BCUT2D eigenvalue weighted by Crippen LogP contribution is -2.48.